The molecule has 2 heterocycles. The Hall–Kier alpha value is -2.41. The fraction of sp³-hybridized carbons (Fsp3) is 0.550. The maximum atomic E-state index is 12.5. The number of amides is 4. The van der Waals surface area contributed by atoms with E-state index >= 15 is 0 Å². The monoisotopic (exact) mass is 372 g/mol. The standard InChI is InChI=1S/C20H28N4O3/c1-2-23-11-6-9-16(23)14-21-18(25)13-17-19(26)24(20(27)22-17)12-10-15-7-4-3-5-8-15/h3-5,7-8,16-17H,2,6,9-14H2,1H3,(H,21,25)(H,22,27)/t16-,17+/m0/s1. The molecule has 1 aromatic rings. The zero-order valence-electron chi connectivity index (χ0n) is 15.8. The highest BCUT2D eigenvalue weighted by atomic mass is 16.2. The number of carbonyl (C=O) groups excluding carboxylic acids is 3. The maximum Gasteiger partial charge on any atom is 0.324 e. The molecule has 0 aromatic heterocycles. The minimum absolute atomic E-state index is 0.00868. The van der Waals surface area contributed by atoms with Crippen molar-refractivity contribution < 1.29 is 14.4 Å². The number of nitrogens with one attached hydrogen (secondary N) is 2. The lowest BCUT2D eigenvalue weighted by atomic mass is 10.1. The van der Waals surface area contributed by atoms with Crippen LogP contribution in [0.2, 0.25) is 0 Å². The highest BCUT2D eigenvalue weighted by molar-refractivity contribution is 6.05. The van der Waals surface area contributed by atoms with Gasteiger partial charge in [-0.05, 0) is 37.9 Å². The Morgan fingerprint density at radius 1 is 1.26 bits per heavy atom. The molecule has 2 atom stereocenters. The number of likely N-dealkylation sites (N-methyl/N-ethyl adjacent to an activating group) is 1. The van der Waals surface area contributed by atoms with Gasteiger partial charge in [-0.1, -0.05) is 37.3 Å². The lowest BCUT2D eigenvalue weighted by Crippen LogP contribution is -2.42. The molecular weight excluding hydrogens is 344 g/mol. The van der Waals surface area contributed by atoms with E-state index in [2.05, 4.69) is 22.5 Å². The van der Waals surface area contributed by atoms with Gasteiger partial charge < -0.3 is 10.6 Å². The minimum atomic E-state index is -0.765. The summed E-state index contributed by atoms with van der Waals surface area (Å²) < 4.78 is 0. The third-order valence-electron chi connectivity index (χ3n) is 5.40. The van der Waals surface area contributed by atoms with Crippen molar-refractivity contribution >= 4 is 17.8 Å². The molecule has 2 fully saturated rings. The number of hydrogen-bond donors (Lipinski definition) is 2. The Kier molecular flexibility index (Phi) is 6.45. The van der Waals surface area contributed by atoms with Crippen molar-refractivity contribution in [3.05, 3.63) is 35.9 Å². The number of nitrogens with zero attached hydrogens (tertiary/aromatic N) is 2. The van der Waals surface area contributed by atoms with Crippen LogP contribution in [0.25, 0.3) is 0 Å². The molecule has 3 rings (SSSR count). The highest BCUT2D eigenvalue weighted by Gasteiger charge is 2.38. The van der Waals surface area contributed by atoms with Gasteiger partial charge in [-0.15, -0.1) is 0 Å². The number of likely N-dealkylation sites (tertiary alicyclic amines) is 1. The third kappa shape index (κ3) is 4.86. The largest absolute Gasteiger partial charge is 0.354 e. The van der Waals surface area contributed by atoms with Gasteiger partial charge in [0, 0.05) is 19.1 Å². The smallest absolute Gasteiger partial charge is 0.324 e. The Morgan fingerprint density at radius 3 is 2.78 bits per heavy atom. The van der Waals surface area contributed by atoms with Crippen LogP contribution in [0.15, 0.2) is 30.3 Å². The molecule has 7 nitrogen and oxygen atoms in total. The number of hydrogen-bond acceptors (Lipinski definition) is 4. The SMILES string of the molecule is CCN1CCC[C@H]1CNC(=O)C[C@H]1NC(=O)N(CCc2ccccc2)C1=O. The first-order valence-electron chi connectivity index (χ1n) is 9.75. The molecule has 0 saturated carbocycles. The molecule has 0 bridgehead atoms. The number of rotatable bonds is 8. The summed E-state index contributed by atoms with van der Waals surface area (Å²) in [7, 11) is 0. The number of benzene rings is 1. The first kappa shape index (κ1) is 19.4. The fourth-order valence-corrected chi connectivity index (χ4v) is 3.84. The van der Waals surface area contributed by atoms with Gasteiger partial charge >= 0.3 is 6.03 Å². The number of carbonyl (C=O) groups is 3. The van der Waals surface area contributed by atoms with Crippen molar-refractivity contribution in [1.82, 2.24) is 20.4 Å². The molecular formula is C20H28N4O3. The average Bonchev–Trinajstić information content (AvgIpc) is 3.23. The van der Waals surface area contributed by atoms with E-state index in [4.69, 9.17) is 0 Å². The highest BCUT2D eigenvalue weighted by Crippen LogP contribution is 2.16. The van der Waals surface area contributed by atoms with E-state index in [-0.39, 0.29) is 18.2 Å². The zero-order valence-corrected chi connectivity index (χ0v) is 15.8. The summed E-state index contributed by atoms with van der Waals surface area (Å²) in [6.45, 7) is 5.09. The summed E-state index contributed by atoms with van der Waals surface area (Å²) in [6.07, 6.45) is 2.83. The van der Waals surface area contributed by atoms with Gasteiger partial charge in [0.05, 0.1) is 6.42 Å². The van der Waals surface area contributed by atoms with Gasteiger partial charge in [0.15, 0.2) is 0 Å². The van der Waals surface area contributed by atoms with Crippen LogP contribution in [0, 0.1) is 0 Å². The summed E-state index contributed by atoms with van der Waals surface area (Å²) in [5.41, 5.74) is 1.07. The normalized spacial score (nSPS) is 22.9. The van der Waals surface area contributed by atoms with Crippen molar-refractivity contribution in [1.29, 1.82) is 0 Å². The van der Waals surface area contributed by atoms with E-state index in [1.165, 1.54) is 4.90 Å². The van der Waals surface area contributed by atoms with Gasteiger partial charge in [0.2, 0.25) is 5.91 Å². The zero-order chi connectivity index (χ0) is 19.2. The van der Waals surface area contributed by atoms with Gasteiger partial charge in [0.25, 0.3) is 5.91 Å². The van der Waals surface area contributed by atoms with Crippen molar-refractivity contribution in [2.24, 2.45) is 0 Å². The quantitative estimate of drug-likeness (QED) is 0.671. The summed E-state index contributed by atoms with van der Waals surface area (Å²) >= 11 is 0. The predicted octanol–water partition coefficient (Wildman–Crippen LogP) is 1.14. The van der Waals surface area contributed by atoms with E-state index in [1.807, 2.05) is 30.3 Å². The topological polar surface area (TPSA) is 81.8 Å². The molecule has 0 radical (unpaired) electrons. The lowest BCUT2D eigenvalue weighted by molar-refractivity contribution is -0.130. The van der Waals surface area contributed by atoms with Crippen LogP contribution < -0.4 is 10.6 Å². The Morgan fingerprint density at radius 2 is 2.04 bits per heavy atom. The summed E-state index contributed by atoms with van der Waals surface area (Å²) in [4.78, 5) is 40.4. The van der Waals surface area contributed by atoms with Crippen LogP contribution in [-0.2, 0) is 16.0 Å². The van der Waals surface area contributed by atoms with E-state index in [0.717, 1.165) is 31.5 Å². The molecule has 2 N–H and O–H groups in total. The molecule has 0 spiro atoms. The molecule has 27 heavy (non-hydrogen) atoms. The second-order valence-corrected chi connectivity index (χ2v) is 7.16. The Labute approximate surface area is 160 Å². The van der Waals surface area contributed by atoms with Gasteiger partial charge in [-0.3, -0.25) is 19.4 Å². The molecule has 1 aromatic carbocycles. The summed E-state index contributed by atoms with van der Waals surface area (Å²) in [5, 5.41) is 5.56. The molecule has 146 valence electrons. The van der Waals surface area contributed by atoms with Crippen LogP contribution in [0.3, 0.4) is 0 Å². The van der Waals surface area contributed by atoms with Crippen LogP contribution in [-0.4, -0.2) is 65.9 Å². The Bertz CT molecular complexity index is 679. The van der Waals surface area contributed by atoms with Crippen LogP contribution in [0.5, 0.6) is 0 Å². The van der Waals surface area contributed by atoms with Crippen LogP contribution >= 0.6 is 0 Å². The number of urea groups is 1. The minimum Gasteiger partial charge on any atom is -0.354 e. The van der Waals surface area contributed by atoms with Crippen LogP contribution in [0.1, 0.15) is 31.7 Å². The summed E-state index contributed by atoms with van der Waals surface area (Å²) in [5.74, 6) is -0.511. The molecule has 2 aliphatic heterocycles. The summed E-state index contributed by atoms with van der Waals surface area (Å²) in [6, 6.07) is 8.90. The van der Waals surface area contributed by atoms with Crippen molar-refractivity contribution in [2.75, 3.05) is 26.2 Å². The van der Waals surface area contributed by atoms with Crippen molar-refractivity contribution in [3.63, 3.8) is 0 Å². The van der Waals surface area contributed by atoms with Gasteiger partial charge in [-0.2, -0.15) is 0 Å². The molecule has 4 amide bonds. The number of imide groups is 1. The van der Waals surface area contributed by atoms with Crippen molar-refractivity contribution in [2.45, 2.75) is 44.7 Å². The first-order valence-corrected chi connectivity index (χ1v) is 9.75. The fourth-order valence-electron chi connectivity index (χ4n) is 3.84. The third-order valence-corrected chi connectivity index (χ3v) is 5.40. The van der Waals surface area contributed by atoms with Gasteiger partial charge in [-0.25, -0.2) is 4.79 Å². The van der Waals surface area contributed by atoms with Gasteiger partial charge in [0.1, 0.15) is 6.04 Å². The second-order valence-electron chi connectivity index (χ2n) is 7.16. The van der Waals surface area contributed by atoms with Crippen LogP contribution in [0.4, 0.5) is 4.79 Å². The second kappa shape index (κ2) is 8.99. The van der Waals surface area contributed by atoms with E-state index < -0.39 is 12.1 Å². The predicted molar refractivity (Wildman–Crippen MR) is 102 cm³/mol. The molecule has 0 unspecified atom stereocenters. The van der Waals surface area contributed by atoms with E-state index in [9.17, 15) is 14.4 Å². The molecule has 2 saturated heterocycles. The lowest BCUT2D eigenvalue weighted by Gasteiger charge is -2.23. The molecule has 7 heteroatoms. The molecule has 2 aliphatic rings. The Balaban J connectivity index is 1.45. The molecule has 0 aliphatic carbocycles. The average molecular weight is 372 g/mol. The first-order chi connectivity index (χ1) is 13.1. The van der Waals surface area contributed by atoms with E-state index in [0.29, 0.717) is 25.6 Å². The van der Waals surface area contributed by atoms with E-state index in [1.54, 1.807) is 0 Å². The maximum absolute atomic E-state index is 12.5. The van der Waals surface area contributed by atoms with Crippen molar-refractivity contribution in [3.8, 4) is 0 Å².